The third-order valence-electron chi connectivity index (χ3n) is 20.2. The van der Waals surface area contributed by atoms with Crippen molar-refractivity contribution < 1.29 is 150 Å². The SMILES string of the molecule is CCNC(=O)Nc1ncnc2c1ncn2[C@@H]1O[C@H](COP(=O)([O-])OP(=O)([O-])CC(=O)O)C2OC(Cc3ccccc3)O[C@@H]21.CCNC(=O)Nc1ncnc2c1ncn2[C@@H]1O[C@H](COP(=O)([O-])OP(=O)([O-])Cc2ccccc2)C2O[C@@H](c3ccccc3)O[C@@H]21.CCNC(=O)Nc1ncnc2c1ncn2[C@@H]1O[C@H](COP(=O)([O-])OP(=O)([O-])Cc2ccccc2)C2O[C@H](c3ccccc3)O[C@@H]21. The summed E-state index contributed by atoms with van der Waals surface area (Å²) in [7, 11) is -31.3. The third kappa shape index (κ3) is 24.5. The molecule has 21 atom stereocenters. The lowest BCUT2D eigenvalue weighted by Gasteiger charge is -2.32. The number of aromatic nitrogens is 12. The van der Waals surface area contributed by atoms with Gasteiger partial charge in [-0.3, -0.25) is 61.1 Å². The Morgan fingerprint density at radius 1 is 0.376 bits per heavy atom. The number of nitrogens with one attached hydrogen (secondary N) is 6. The number of carboxylic acids is 1. The average Bonchev–Trinajstić information content (AvgIpc) is 1.60. The van der Waals surface area contributed by atoms with Gasteiger partial charge < -0.3 is 120 Å². The number of hydrogen-bond acceptors (Lipinski definition) is 40. The van der Waals surface area contributed by atoms with Gasteiger partial charge in [0.15, 0.2) is 96.1 Å². The molecule has 6 aliphatic rings. The quantitative estimate of drug-likeness (QED) is 0.0243. The number of carbonyl (C=O) groups is 4. The van der Waals surface area contributed by atoms with Crippen molar-refractivity contribution in [3.8, 4) is 0 Å². The van der Waals surface area contributed by atoms with Gasteiger partial charge in [0, 0.05) is 49.5 Å². The second kappa shape index (κ2) is 42.2. The highest BCUT2D eigenvalue weighted by atomic mass is 31.3. The smallest absolute Gasteiger partial charge is 0.320 e. The fourth-order valence-corrected chi connectivity index (χ4v) is 22.3. The number of carboxylic acid groups (broad SMARTS) is 1. The Hall–Kier alpha value is -10.4. The standard InChI is InChI=1S/2C27H30N6O10P2.C23H28N6O12P2/c2*1-2-28-27(34)32-23-20-24(30-15-29-23)33(16-31-20)25-22-21(41-26(42-22)18-11-7-4-8-12-18)19(40-25)13-39-45(37,38)43-44(35,36)14-17-9-5-3-6-10-17;1-2-24-23(32)28-20-17-21(26-11-25-20)29(12-27-17)22-19-18(39-16(40-19)8-13-6-4-3-5-7-13)14(38-22)9-37-43(35,36)41-42(33,34)10-15(30)31/h2*3-12,15-16,19,21-22,25-26H,2,13-14H2,1H3,(H,35,36)(H,37,38)(H2,28,29,30,32,34);3-7,11-12,14,16,18-19,22H,2,8-10H2,1H3,(H,30,31)(H,33,34)(H,35,36)(H2,24,25,26,28,32)/p-6/t19-,21?,22+,25-,26+;19-,21?,22+,25-,26-;14-,16?,18?,19+,22-/m111/s1. The minimum atomic E-state index is -5.53. The largest absolute Gasteiger partial charge is 0.778 e. The highest BCUT2D eigenvalue weighted by Crippen LogP contribution is 2.60. The minimum Gasteiger partial charge on any atom is -0.778 e. The predicted molar refractivity (Wildman–Crippen MR) is 447 cm³/mol. The van der Waals surface area contributed by atoms with Gasteiger partial charge in [0.05, 0.1) is 38.8 Å². The second-order valence-electron chi connectivity index (χ2n) is 29.6. The number of anilines is 3. The number of ether oxygens (including phenoxy) is 9. The van der Waals surface area contributed by atoms with Crippen molar-refractivity contribution in [2.45, 2.75) is 132 Å². The zero-order valence-electron chi connectivity index (χ0n) is 69.8. The summed E-state index contributed by atoms with van der Waals surface area (Å²) in [6, 6.07) is 42.0. The highest BCUT2D eigenvalue weighted by Gasteiger charge is 2.58. The molecule has 10 unspecified atom stereocenters. The summed E-state index contributed by atoms with van der Waals surface area (Å²) in [5.41, 5.74) is 4.63. The molecule has 0 aliphatic carbocycles. The molecule has 0 spiro atoms. The Labute approximate surface area is 753 Å². The van der Waals surface area contributed by atoms with Crippen LogP contribution >= 0.6 is 46.3 Å². The molecule has 5 aromatic carbocycles. The molecule has 56 heteroatoms. The van der Waals surface area contributed by atoms with E-state index in [2.05, 4.69) is 89.7 Å². The van der Waals surface area contributed by atoms with Crippen molar-refractivity contribution in [2.75, 3.05) is 61.6 Å². The van der Waals surface area contributed by atoms with E-state index in [1.165, 1.54) is 66.8 Å². The van der Waals surface area contributed by atoms with Crippen LogP contribution in [0.4, 0.5) is 31.8 Å². The van der Waals surface area contributed by atoms with Crippen LogP contribution in [0, 0.1) is 0 Å². The lowest BCUT2D eigenvalue weighted by molar-refractivity contribution is -0.237. The fraction of sp³-hybridized carbons (Fsp3) is 0.364. The van der Waals surface area contributed by atoms with Crippen molar-refractivity contribution in [2.24, 2.45) is 0 Å². The number of urea groups is 3. The Morgan fingerprint density at radius 2 is 0.669 bits per heavy atom. The number of rotatable bonds is 34. The zero-order valence-corrected chi connectivity index (χ0v) is 75.1. The van der Waals surface area contributed by atoms with Crippen LogP contribution < -0.4 is 61.3 Å². The maximum Gasteiger partial charge on any atom is 0.320 e. The molecule has 708 valence electrons. The normalized spacial score (nSPS) is 25.6. The molecule has 12 heterocycles. The van der Waals surface area contributed by atoms with E-state index in [-0.39, 0.29) is 39.7 Å². The number of carbonyl (C=O) groups excluding carboxylic acids is 3. The fourth-order valence-electron chi connectivity index (χ4n) is 14.8. The summed E-state index contributed by atoms with van der Waals surface area (Å²) in [5, 5.41) is 24.3. The van der Waals surface area contributed by atoms with Crippen LogP contribution in [0.5, 0.6) is 0 Å². The number of phosphoric ester groups is 3. The molecule has 6 aromatic heterocycles. The molecule has 6 saturated heterocycles. The topological polar surface area (TPSA) is 671 Å². The molecule has 6 amide bonds. The van der Waals surface area contributed by atoms with E-state index in [1.807, 2.05) is 91.0 Å². The number of imidazole rings is 3. The van der Waals surface area contributed by atoms with Crippen LogP contribution in [0.3, 0.4) is 0 Å². The van der Waals surface area contributed by atoms with Gasteiger partial charge in [-0.25, -0.2) is 59.2 Å². The molecule has 6 aliphatic heterocycles. The zero-order chi connectivity index (χ0) is 94.0. The number of nitrogens with zero attached hydrogens (tertiary/aromatic N) is 12. The summed E-state index contributed by atoms with van der Waals surface area (Å²) in [5.74, 6) is -1.36. The van der Waals surface area contributed by atoms with Gasteiger partial charge in [-0.15, -0.1) is 0 Å². The van der Waals surface area contributed by atoms with E-state index in [9.17, 15) is 75.9 Å². The van der Waals surface area contributed by atoms with Crippen molar-refractivity contribution in [1.29, 1.82) is 0 Å². The minimum absolute atomic E-state index is 0.127. The first kappa shape index (κ1) is 97.1. The number of phosphoric acid groups is 3. The summed E-state index contributed by atoms with van der Waals surface area (Å²) in [6.07, 6.45) is -8.10. The summed E-state index contributed by atoms with van der Waals surface area (Å²) in [4.78, 5) is 160. The molecule has 0 bridgehead atoms. The molecule has 0 saturated carbocycles. The van der Waals surface area contributed by atoms with E-state index in [0.29, 0.717) is 59.6 Å². The van der Waals surface area contributed by atoms with Crippen molar-refractivity contribution in [1.82, 2.24) is 74.5 Å². The van der Waals surface area contributed by atoms with E-state index in [4.69, 9.17) is 61.3 Å². The van der Waals surface area contributed by atoms with E-state index < -0.39 is 201 Å². The lowest BCUT2D eigenvalue weighted by Crippen LogP contribution is -2.32. The first-order valence-electron chi connectivity index (χ1n) is 40.6. The number of benzene rings is 5. The number of fused-ring (bicyclic) bond motifs is 6. The number of amides is 6. The Bertz CT molecular complexity index is 5990. The molecule has 17 rings (SSSR count). The van der Waals surface area contributed by atoms with E-state index in [1.54, 1.807) is 66.3 Å². The Balaban J connectivity index is 0.000000152. The monoisotopic (exact) mass is 1960 g/mol. The van der Waals surface area contributed by atoms with E-state index in [0.717, 1.165) is 5.56 Å². The predicted octanol–water partition coefficient (Wildman–Crippen LogP) is 5.56. The van der Waals surface area contributed by atoms with Crippen molar-refractivity contribution in [3.05, 3.63) is 217 Å². The van der Waals surface area contributed by atoms with E-state index >= 15 is 0 Å². The number of hydrogen-bond donors (Lipinski definition) is 7. The molecule has 11 aromatic rings. The average molecular weight is 1960 g/mol. The van der Waals surface area contributed by atoms with Crippen LogP contribution in [0.2, 0.25) is 0 Å². The van der Waals surface area contributed by atoms with Gasteiger partial charge in [-0.2, -0.15) is 0 Å². The number of aliphatic carboxylic acids is 1. The molecule has 0 radical (unpaired) electrons. The molecular weight excluding hydrogens is 1870 g/mol. The molecular formula is C77H82N18O32P6-6. The Kier molecular flexibility index (Phi) is 30.8. The van der Waals surface area contributed by atoms with Gasteiger partial charge in [0.2, 0.25) is 0 Å². The van der Waals surface area contributed by atoms with Crippen LogP contribution in [-0.4, -0.2) is 195 Å². The van der Waals surface area contributed by atoms with Gasteiger partial charge in [0.1, 0.15) is 95.3 Å². The third-order valence-corrected chi connectivity index (χ3v) is 29.2. The van der Waals surface area contributed by atoms with Crippen molar-refractivity contribution >= 4 is 121 Å². The first-order chi connectivity index (χ1) is 63.7. The van der Waals surface area contributed by atoms with Crippen molar-refractivity contribution in [3.63, 3.8) is 0 Å². The van der Waals surface area contributed by atoms with Crippen LogP contribution in [0.15, 0.2) is 190 Å². The summed E-state index contributed by atoms with van der Waals surface area (Å²) < 4.78 is 162. The second-order valence-corrected chi connectivity index (χ2v) is 39.7. The van der Waals surface area contributed by atoms with Gasteiger partial charge in [0.25, 0.3) is 23.5 Å². The van der Waals surface area contributed by atoms with Gasteiger partial charge in [-0.05, 0) is 37.5 Å². The van der Waals surface area contributed by atoms with Crippen LogP contribution in [0.1, 0.15) is 79.9 Å². The molecule has 50 nitrogen and oxygen atoms in total. The maximum atomic E-state index is 12.6. The summed E-state index contributed by atoms with van der Waals surface area (Å²) >= 11 is 0. The molecule has 6 fully saturated rings. The first-order valence-corrected chi connectivity index (χ1v) is 50.2. The Morgan fingerprint density at radius 3 is 1.00 bits per heavy atom. The van der Waals surface area contributed by atoms with Gasteiger partial charge >= 0.3 is 24.1 Å². The van der Waals surface area contributed by atoms with Gasteiger partial charge in [-0.1, -0.05) is 152 Å². The maximum absolute atomic E-state index is 12.6. The lowest BCUT2D eigenvalue weighted by atomic mass is 10.1. The molecule has 7 N–H and O–H groups in total. The summed E-state index contributed by atoms with van der Waals surface area (Å²) in [6.45, 7) is 4.44. The van der Waals surface area contributed by atoms with Crippen LogP contribution in [-0.2, 0) is 120 Å². The molecule has 133 heavy (non-hydrogen) atoms. The highest BCUT2D eigenvalue weighted by molar-refractivity contribution is 7.63. The van der Waals surface area contributed by atoms with Crippen LogP contribution in [0.25, 0.3) is 33.5 Å².